The molecule has 2 N–H and O–H groups in total. The van der Waals surface area contributed by atoms with Gasteiger partial charge in [0.25, 0.3) is 0 Å². The monoisotopic (exact) mass is 246 g/mol. The van der Waals surface area contributed by atoms with Crippen LogP contribution in [0.25, 0.3) is 0 Å². The predicted octanol–water partition coefficient (Wildman–Crippen LogP) is -0.759. The minimum atomic E-state index is -1.28. The molecule has 0 aliphatic rings. The summed E-state index contributed by atoms with van der Waals surface area (Å²) in [6, 6.07) is 1.80. The second kappa shape index (κ2) is 7.53. The lowest BCUT2D eigenvalue weighted by atomic mass is 10.4. The molecular formula is C8H10N2O5S. The summed E-state index contributed by atoms with van der Waals surface area (Å²) in [4.78, 5) is 32.8. The molecule has 0 fully saturated rings. The Bertz CT molecular complexity index is 309. The van der Waals surface area contributed by atoms with Crippen LogP contribution in [0.4, 0.5) is 0 Å². The SMILES string of the molecule is N#CCSCC(=O)N(CC(=O)O)CC(=O)O. The number of carboxylic acid groups (broad SMARTS) is 2. The minimum absolute atomic E-state index is 0.0969. The maximum absolute atomic E-state index is 11.4. The van der Waals surface area contributed by atoms with E-state index in [9.17, 15) is 14.4 Å². The number of amides is 1. The normalized spacial score (nSPS) is 9.19. The van der Waals surface area contributed by atoms with E-state index in [4.69, 9.17) is 15.5 Å². The molecule has 0 bridgehead atoms. The van der Waals surface area contributed by atoms with Crippen LogP contribution in [-0.4, -0.2) is 57.6 Å². The summed E-state index contributed by atoms with van der Waals surface area (Å²) >= 11 is 1.01. The van der Waals surface area contributed by atoms with Crippen LogP contribution >= 0.6 is 11.8 Å². The van der Waals surface area contributed by atoms with E-state index in [1.54, 1.807) is 6.07 Å². The summed E-state index contributed by atoms with van der Waals surface area (Å²) in [6.45, 7) is -1.31. The topological polar surface area (TPSA) is 119 Å². The van der Waals surface area contributed by atoms with E-state index in [1.165, 1.54) is 0 Å². The molecule has 0 aromatic carbocycles. The molecule has 0 radical (unpaired) electrons. The van der Waals surface area contributed by atoms with E-state index in [-0.39, 0.29) is 11.5 Å². The van der Waals surface area contributed by atoms with E-state index < -0.39 is 30.9 Å². The van der Waals surface area contributed by atoms with Gasteiger partial charge in [0.1, 0.15) is 13.1 Å². The van der Waals surface area contributed by atoms with Gasteiger partial charge in [-0.2, -0.15) is 5.26 Å². The van der Waals surface area contributed by atoms with Crippen molar-refractivity contribution in [1.82, 2.24) is 4.90 Å². The van der Waals surface area contributed by atoms with Gasteiger partial charge in [-0.05, 0) is 0 Å². The fourth-order valence-electron chi connectivity index (χ4n) is 0.834. The Hall–Kier alpha value is -1.75. The lowest BCUT2D eigenvalue weighted by molar-refractivity contribution is -0.148. The summed E-state index contributed by atoms with van der Waals surface area (Å²) in [7, 11) is 0. The highest BCUT2D eigenvalue weighted by Gasteiger charge is 2.19. The average Bonchev–Trinajstić information content (AvgIpc) is 2.15. The molecule has 0 aliphatic heterocycles. The van der Waals surface area contributed by atoms with Gasteiger partial charge in [0, 0.05) is 0 Å². The Morgan fingerprint density at radius 3 is 2.06 bits per heavy atom. The first kappa shape index (κ1) is 14.2. The minimum Gasteiger partial charge on any atom is -0.480 e. The maximum Gasteiger partial charge on any atom is 0.323 e. The van der Waals surface area contributed by atoms with Crippen molar-refractivity contribution in [2.75, 3.05) is 24.6 Å². The molecule has 1 amide bonds. The van der Waals surface area contributed by atoms with E-state index in [1.807, 2.05) is 0 Å². The summed E-state index contributed by atoms with van der Waals surface area (Å²) in [5, 5.41) is 25.2. The highest BCUT2D eigenvalue weighted by Crippen LogP contribution is 2.01. The van der Waals surface area contributed by atoms with Crippen LogP contribution in [0.1, 0.15) is 0 Å². The number of carbonyl (C=O) groups excluding carboxylic acids is 1. The van der Waals surface area contributed by atoms with Gasteiger partial charge in [-0.15, -0.1) is 11.8 Å². The number of hydrogen-bond acceptors (Lipinski definition) is 5. The first-order chi connectivity index (χ1) is 7.47. The molecule has 0 aliphatic carbocycles. The average molecular weight is 246 g/mol. The van der Waals surface area contributed by atoms with Crippen LogP contribution in [0.2, 0.25) is 0 Å². The summed E-state index contributed by atoms with van der Waals surface area (Å²) in [5.41, 5.74) is 0. The molecule has 0 heterocycles. The van der Waals surface area contributed by atoms with Crippen LogP contribution < -0.4 is 0 Å². The van der Waals surface area contributed by atoms with Gasteiger partial charge >= 0.3 is 11.9 Å². The maximum atomic E-state index is 11.4. The molecule has 7 nitrogen and oxygen atoms in total. The number of carboxylic acids is 2. The van der Waals surface area contributed by atoms with Crippen molar-refractivity contribution >= 4 is 29.6 Å². The third-order valence-electron chi connectivity index (χ3n) is 1.40. The van der Waals surface area contributed by atoms with Crippen LogP contribution in [0.5, 0.6) is 0 Å². The number of rotatable bonds is 7. The quantitative estimate of drug-likeness (QED) is 0.567. The van der Waals surface area contributed by atoms with Crippen molar-refractivity contribution in [2.45, 2.75) is 0 Å². The highest BCUT2D eigenvalue weighted by molar-refractivity contribution is 8.00. The molecule has 0 atom stereocenters. The molecule has 0 saturated carbocycles. The third-order valence-corrected chi connectivity index (χ3v) is 2.18. The van der Waals surface area contributed by atoms with Crippen molar-refractivity contribution < 1.29 is 24.6 Å². The first-order valence-corrected chi connectivity index (χ1v) is 5.29. The lowest BCUT2D eigenvalue weighted by Crippen LogP contribution is -2.40. The van der Waals surface area contributed by atoms with Gasteiger partial charge in [0.15, 0.2) is 0 Å². The fourth-order valence-corrected chi connectivity index (χ4v) is 1.38. The second-order valence-corrected chi connectivity index (χ2v) is 3.67. The number of carbonyl (C=O) groups is 3. The number of aliphatic carboxylic acids is 2. The Morgan fingerprint density at radius 1 is 1.19 bits per heavy atom. The Morgan fingerprint density at radius 2 is 1.69 bits per heavy atom. The van der Waals surface area contributed by atoms with Crippen LogP contribution in [-0.2, 0) is 14.4 Å². The first-order valence-electron chi connectivity index (χ1n) is 4.13. The van der Waals surface area contributed by atoms with Crippen molar-refractivity contribution in [3.63, 3.8) is 0 Å². The molecule has 8 heteroatoms. The zero-order valence-electron chi connectivity index (χ0n) is 8.25. The van der Waals surface area contributed by atoms with E-state index >= 15 is 0 Å². The van der Waals surface area contributed by atoms with Gasteiger partial charge in [0.2, 0.25) is 5.91 Å². The summed E-state index contributed by atoms with van der Waals surface area (Å²) in [5.74, 6) is -3.17. The van der Waals surface area contributed by atoms with E-state index in [0.717, 1.165) is 16.7 Å². The molecule has 0 unspecified atom stereocenters. The van der Waals surface area contributed by atoms with Crippen molar-refractivity contribution in [2.24, 2.45) is 0 Å². The Kier molecular flexibility index (Phi) is 6.71. The van der Waals surface area contributed by atoms with Crippen molar-refractivity contribution in [3.05, 3.63) is 0 Å². The fraction of sp³-hybridized carbons (Fsp3) is 0.500. The third kappa shape index (κ3) is 6.67. The predicted molar refractivity (Wildman–Crippen MR) is 54.8 cm³/mol. The van der Waals surface area contributed by atoms with Gasteiger partial charge in [-0.25, -0.2) is 0 Å². The standard InChI is InChI=1S/C8H10N2O5S/c9-1-2-16-5-6(11)10(3-7(12)13)4-8(14)15/h2-5H2,(H,12,13)(H,14,15). The number of nitriles is 1. The van der Waals surface area contributed by atoms with E-state index in [2.05, 4.69) is 0 Å². The zero-order chi connectivity index (χ0) is 12.6. The smallest absolute Gasteiger partial charge is 0.323 e. The molecule has 0 aromatic heterocycles. The van der Waals surface area contributed by atoms with Crippen LogP contribution in [0.3, 0.4) is 0 Å². The number of hydrogen-bond donors (Lipinski definition) is 2. The van der Waals surface area contributed by atoms with E-state index in [0.29, 0.717) is 0 Å². The molecule has 0 saturated heterocycles. The van der Waals surface area contributed by atoms with Crippen molar-refractivity contribution in [1.29, 1.82) is 5.26 Å². The van der Waals surface area contributed by atoms with Crippen LogP contribution in [0, 0.1) is 11.3 Å². The molecule has 88 valence electrons. The largest absolute Gasteiger partial charge is 0.480 e. The second-order valence-electron chi connectivity index (χ2n) is 2.69. The van der Waals surface area contributed by atoms with Gasteiger partial charge < -0.3 is 15.1 Å². The molecule has 0 aromatic rings. The van der Waals surface area contributed by atoms with Crippen molar-refractivity contribution in [3.8, 4) is 6.07 Å². The Labute approximate surface area is 95.6 Å². The highest BCUT2D eigenvalue weighted by atomic mass is 32.2. The number of nitrogens with zero attached hydrogens (tertiary/aromatic N) is 2. The zero-order valence-corrected chi connectivity index (χ0v) is 9.07. The molecule has 0 spiro atoms. The van der Waals surface area contributed by atoms with Gasteiger partial charge in [-0.3, -0.25) is 14.4 Å². The van der Waals surface area contributed by atoms with Gasteiger partial charge in [0.05, 0.1) is 17.6 Å². The molecular weight excluding hydrogens is 236 g/mol. The summed E-state index contributed by atoms with van der Waals surface area (Å²) in [6.07, 6.45) is 0. The molecule has 16 heavy (non-hydrogen) atoms. The summed E-state index contributed by atoms with van der Waals surface area (Å²) < 4.78 is 0. The Balaban J connectivity index is 4.26. The molecule has 0 rings (SSSR count). The van der Waals surface area contributed by atoms with Gasteiger partial charge in [-0.1, -0.05) is 0 Å². The number of thioether (sulfide) groups is 1. The lowest BCUT2D eigenvalue weighted by Gasteiger charge is -2.17. The van der Waals surface area contributed by atoms with Crippen LogP contribution in [0.15, 0.2) is 0 Å².